The largest absolute Gasteiger partial charge is 0.478 e. The molecular formula is C16H12O4. The Morgan fingerprint density at radius 2 is 1.65 bits per heavy atom. The first kappa shape index (κ1) is 12.6. The molecule has 0 atom stereocenters. The number of carbonyl (C=O) groups excluding carboxylic acids is 1. The number of carboxylic acids is 1. The SMILES string of the molecule is O=C(O)c1ccccc1C(=O)c1ccc2c(c1)COC2. The highest BCUT2D eigenvalue weighted by Gasteiger charge is 2.19. The van der Waals surface area contributed by atoms with Crippen LogP contribution >= 0.6 is 0 Å². The third-order valence-corrected chi connectivity index (χ3v) is 3.39. The van der Waals surface area contributed by atoms with Gasteiger partial charge in [-0.05, 0) is 23.3 Å². The van der Waals surface area contributed by atoms with Crippen LogP contribution in [-0.4, -0.2) is 16.9 Å². The molecule has 4 nitrogen and oxygen atoms in total. The van der Waals surface area contributed by atoms with Crippen LogP contribution in [0.5, 0.6) is 0 Å². The Kier molecular flexibility index (Phi) is 3.08. The van der Waals surface area contributed by atoms with E-state index in [1.54, 1.807) is 24.3 Å². The molecule has 2 aromatic rings. The number of benzene rings is 2. The first-order valence-electron chi connectivity index (χ1n) is 6.23. The van der Waals surface area contributed by atoms with E-state index >= 15 is 0 Å². The molecule has 100 valence electrons. The topological polar surface area (TPSA) is 63.6 Å². The van der Waals surface area contributed by atoms with Gasteiger partial charge in [-0.1, -0.05) is 30.3 Å². The fraction of sp³-hybridized carbons (Fsp3) is 0.125. The summed E-state index contributed by atoms with van der Waals surface area (Å²) in [5, 5.41) is 9.14. The van der Waals surface area contributed by atoms with Gasteiger partial charge in [-0.15, -0.1) is 0 Å². The summed E-state index contributed by atoms with van der Waals surface area (Å²) in [7, 11) is 0. The lowest BCUT2D eigenvalue weighted by molar-refractivity contribution is 0.0693. The van der Waals surface area contributed by atoms with Gasteiger partial charge in [-0.25, -0.2) is 4.79 Å². The number of aromatic carboxylic acids is 1. The van der Waals surface area contributed by atoms with Crippen molar-refractivity contribution in [3.8, 4) is 0 Å². The van der Waals surface area contributed by atoms with Gasteiger partial charge < -0.3 is 9.84 Å². The van der Waals surface area contributed by atoms with E-state index in [4.69, 9.17) is 9.84 Å². The molecular weight excluding hydrogens is 256 g/mol. The van der Waals surface area contributed by atoms with Crippen LogP contribution < -0.4 is 0 Å². The van der Waals surface area contributed by atoms with E-state index in [2.05, 4.69) is 0 Å². The number of rotatable bonds is 3. The van der Waals surface area contributed by atoms with E-state index in [9.17, 15) is 9.59 Å². The lowest BCUT2D eigenvalue weighted by Crippen LogP contribution is -2.09. The first-order valence-corrected chi connectivity index (χ1v) is 6.23. The summed E-state index contributed by atoms with van der Waals surface area (Å²) in [6.45, 7) is 1.06. The van der Waals surface area contributed by atoms with E-state index < -0.39 is 5.97 Å². The van der Waals surface area contributed by atoms with Crippen molar-refractivity contribution in [1.82, 2.24) is 0 Å². The van der Waals surface area contributed by atoms with E-state index in [1.807, 2.05) is 6.07 Å². The Labute approximate surface area is 115 Å². The van der Waals surface area contributed by atoms with Crippen LogP contribution in [0.2, 0.25) is 0 Å². The Balaban J connectivity index is 2.03. The van der Waals surface area contributed by atoms with Crippen molar-refractivity contribution in [3.63, 3.8) is 0 Å². The molecule has 0 fully saturated rings. The molecule has 1 heterocycles. The molecule has 2 aromatic carbocycles. The fourth-order valence-electron chi connectivity index (χ4n) is 2.34. The van der Waals surface area contributed by atoms with E-state index in [0.717, 1.165) is 11.1 Å². The average molecular weight is 268 g/mol. The number of ether oxygens (including phenoxy) is 1. The van der Waals surface area contributed by atoms with Crippen LogP contribution in [0, 0.1) is 0 Å². The zero-order valence-electron chi connectivity index (χ0n) is 10.6. The molecule has 4 heteroatoms. The quantitative estimate of drug-likeness (QED) is 0.869. The minimum atomic E-state index is -1.10. The number of fused-ring (bicyclic) bond motifs is 1. The molecule has 0 saturated carbocycles. The predicted octanol–water partition coefficient (Wildman–Crippen LogP) is 2.65. The standard InChI is InChI=1S/C16H12O4/c17-15(13-3-1-2-4-14(13)16(18)19)10-5-6-11-8-20-9-12(11)7-10/h1-7H,8-9H2,(H,18,19). The van der Waals surface area contributed by atoms with Crippen molar-refractivity contribution in [2.75, 3.05) is 0 Å². The summed E-state index contributed by atoms with van der Waals surface area (Å²) in [5.74, 6) is -1.38. The maximum Gasteiger partial charge on any atom is 0.336 e. The Morgan fingerprint density at radius 1 is 0.950 bits per heavy atom. The third-order valence-electron chi connectivity index (χ3n) is 3.39. The summed E-state index contributed by atoms with van der Waals surface area (Å²) < 4.78 is 5.31. The second-order valence-corrected chi connectivity index (χ2v) is 4.66. The van der Waals surface area contributed by atoms with Crippen LogP contribution in [0.4, 0.5) is 0 Å². The van der Waals surface area contributed by atoms with Crippen LogP contribution in [0.15, 0.2) is 42.5 Å². The van der Waals surface area contributed by atoms with Crippen molar-refractivity contribution < 1.29 is 19.4 Å². The van der Waals surface area contributed by atoms with Gasteiger partial charge in [0, 0.05) is 11.1 Å². The minimum absolute atomic E-state index is 0.0225. The third kappa shape index (κ3) is 2.10. The summed E-state index contributed by atoms with van der Waals surface area (Å²) in [6, 6.07) is 11.6. The van der Waals surface area contributed by atoms with E-state index in [1.165, 1.54) is 12.1 Å². The molecule has 0 radical (unpaired) electrons. The lowest BCUT2D eigenvalue weighted by Gasteiger charge is -2.06. The fourth-order valence-corrected chi connectivity index (χ4v) is 2.34. The second kappa shape index (κ2) is 4.90. The average Bonchev–Trinajstić information content (AvgIpc) is 2.93. The van der Waals surface area contributed by atoms with Crippen molar-refractivity contribution >= 4 is 11.8 Å². The molecule has 0 aliphatic carbocycles. The van der Waals surface area contributed by atoms with Gasteiger partial charge in [-0.2, -0.15) is 0 Å². The summed E-state index contributed by atoms with van der Waals surface area (Å²) in [4.78, 5) is 23.6. The number of carbonyl (C=O) groups is 2. The van der Waals surface area contributed by atoms with Crippen molar-refractivity contribution in [1.29, 1.82) is 0 Å². The molecule has 1 aliphatic rings. The molecule has 0 saturated heterocycles. The molecule has 0 bridgehead atoms. The van der Waals surface area contributed by atoms with E-state index in [0.29, 0.717) is 18.8 Å². The molecule has 20 heavy (non-hydrogen) atoms. The summed E-state index contributed by atoms with van der Waals surface area (Å²) in [6.07, 6.45) is 0. The summed E-state index contributed by atoms with van der Waals surface area (Å²) >= 11 is 0. The predicted molar refractivity (Wildman–Crippen MR) is 71.8 cm³/mol. The van der Waals surface area contributed by atoms with Gasteiger partial charge in [0.2, 0.25) is 0 Å². The van der Waals surface area contributed by atoms with Gasteiger partial charge in [0.15, 0.2) is 5.78 Å². The highest BCUT2D eigenvalue weighted by molar-refractivity contribution is 6.14. The number of ketones is 1. The molecule has 3 rings (SSSR count). The highest BCUT2D eigenvalue weighted by Crippen LogP contribution is 2.23. The Bertz CT molecular complexity index is 703. The lowest BCUT2D eigenvalue weighted by atomic mass is 9.96. The number of hydrogen-bond donors (Lipinski definition) is 1. The van der Waals surface area contributed by atoms with Gasteiger partial charge in [-0.3, -0.25) is 4.79 Å². The van der Waals surface area contributed by atoms with Crippen LogP contribution in [0.25, 0.3) is 0 Å². The van der Waals surface area contributed by atoms with Gasteiger partial charge in [0.05, 0.1) is 18.8 Å². The van der Waals surface area contributed by atoms with Crippen LogP contribution in [0.1, 0.15) is 37.4 Å². The second-order valence-electron chi connectivity index (χ2n) is 4.66. The molecule has 1 N–H and O–H groups in total. The Morgan fingerprint density at radius 3 is 2.40 bits per heavy atom. The van der Waals surface area contributed by atoms with Gasteiger partial charge in [0.25, 0.3) is 0 Å². The number of carboxylic acid groups (broad SMARTS) is 1. The highest BCUT2D eigenvalue weighted by atomic mass is 16.5. The van der Waals surface area contributed by atoms with Crippen LogP contribution in [-0.2, 0) is 18.0 Å². The maximum atomic E-state index is 12.5. The van der Waals surface area contributed by atoms with Gasteiger partial charge in [0.1, 0.15) is 0 Å². The molecule has 0 spiro atoms. The minimum Gasteiger partial charge on any atom is -0.478 e. The Hall–Kier alpha value is -2.46. The van der Waals surface area contributed by atoms with Crippen LogP contribution in [0.3, 0.4) is 0 Å². The maximum absolute atomic E-state index is 12.5. The van der Waals surface area contributed by atoms with Crippen molar-refractivity contribution in [2.45, 2.75) is 13.2 Å². The first-order chi connectivity index (χ1) is 9.66. The molecule has 0 unspecified atom stereocenters. The van der Waals surface area contributed by atoms with Crippen molar-refractivity contribution in [3.05, 3.63) is 70.3 Å². The van der Waals surface area contributed by atoms with Gasteiger partial charge >= 0.3 is 5.97 Å². The summed E-state index contributed by atoms with van der Waals surface area (Å²) in [5.41, 5.74) is 2.78. The zero-order valence-corrected chi connectivity index (χ0v) is 10.6. The van der Waals surface area contributed by atoms with Crippen molar-refractivity contribution in [2.24, 2.45) is 0 Å². The number of hydrogen-bond acceptors (Lipinski definition) is 3. The van der Waals surface area contributed by atoms with E-state index in [-0.39, 0.29) is 16.9 Å². The molecule has 0 aromatic heterocycles. The zero-order chi connectivity index (χ0) is 14.1. The smallest absolute Gasteiger partial charge is 0.336 e. The molecule has 1 aliphatic heterocycles. The normalized spacial score (nSPS) is 13.0. The monoisotopic (exact) mass is 268 g/mol. The molecule has 0 amide bonds.